The Morgan fingerprint density at radius 1 is 0.905 bits per heavy atom. The topological polar surface area (TPSA) is 44.9 Å². The fourth-order valence-corrected chi connectivity index (χ4v) is 3.58. The molecule has 2 aliphatic heterocycles. The van der Waals surface area contributed by atoms with Crippen LogP contribution in [0.1, 0.15) is 58.8 Å². The Kier molecular flexibility index (Phi) is 6.81. The van der Waals surface area contributed by atoms with Crippen LogP contribution in [0.3, 0.4) is 0 Å². The van der Waals surface area contributed by atoms with Gasteiger partial charge >= 0.3 is 0 Å². The molecule has 2 N–H and O–H groups in total. The highest BCUT2D eigenvalue weighted by molar-refractivity contribution is 5.78. The van der Waals surface area contributed by atoms with Gasteiger partial charge in [-0.1, -0.05) is 26.7 Å². The molecule has 0 spiro atoms. The van der Waals surface area contributed by atoms with Crippen LogP contribution in [0.15, 0.2) is 4.99 Å². The lowest BCUT2D eigenvalue weighted by molar-refractivity contribution is 0.165. The van der Waals surface area contributed by atoms with E-state index in [-0.39, 0.29) is 0 Å². The molecule has 2 aliphatic rings. The molecular weight excluding hydrogens is 260 g/mol. The standard InChI is InChI=1S/C17H34N4/c1-15(2)16(20-10-6-3-4-7-11-20)14-19-17(18)21-12-8-5-9-13-21/h15-16H,3-14H2,1-2H3,(H2,18,19). The van der Waals surface area contributed by atoms with E-state index in [2.05, 4.69) is 23.6 Å². The van der Waals surface area contributed by atoms with E-state index in [4.69, 9.17) is 10.7 Å². The number of guanidine groups is 1. The quantitative estimate of drug-likeness (QED) is 0.640. The summed E-state index contributed by atoms with van der Waals surface area (Å²) in [7, 11) is 0. The monoisotopic (exact) mass is 294 g/mol. The van der Waals surface area contributed by atoms with Gasteiger partial charge < -0.3 is 10.6 Å². The van der Waals surface area contributed by atoms with Gasteiger partial charge in [-0.2, -0.15) is 0 Å². The van der Waals surface area contributed by atoms with E-state index < -0.39 is 0 Å². The van der Waals surface area contributed by atoms with Crippen LogP contribution in [0, 0.1) is 5.92 Å². The summed E-state index contributed by atoms with van der Waals surface area (Å²) in [6.07, 6.45) is 9.32. The van der Waals surface area contributed by atoms with Gasteiger partial charge in [-0.25, -0.2) is 0 Å². The summed E-state index contributed by atoms with van der Waals surface area (Å²) in [5.41, 5.74) is 6.21. The molecule has 2 heterocycles. The number of rotatable bonds is 4. The van der Waals surface area contributed by atoms with Crippen LogP contribution in [0.5, 0.6) is 0 Å². The maximum Gasteiger partial charge on any atom is 0.191 e. The van der Waals surface area contributed by atoms with E-state index in [0.29, 0.717) is 12.0 Å². The van der Waals surface area contributed by atoms with E-state index in [1.807, 2.05) is 0 Å². The summed E-state index contributed by atoms with van der Waals surface area (Å²) in [6.45, 7) is 10.2. The lowest BCUT2D eigenvalue weighted by Crippen LogP contribution is -2.44. The van der Waals surface area contributed by atoms with Crippen LogP contribution >= 0.6 is 0 Å². The van der Waals surface area contributed by atoms with Crippen LogP contribution in [0.4, 0.5) is 0 Å². The molecular formula is C17H34N4. The molecule has 1 atom stereocenters. The van der Waals surface area contributed by atoms with E-state index in [1.54, 1.807) is 0 Å². The third-order valence-corrected chi connectivity index (χ3v) is 5.00. The largest absolute Gasteiger partial charge is 0.370 e. The van der Waals surface area contributed by atoms with Crippen molar-refractivity contribution in [3.63, 3.8) is 0 Å². The van der Waals surface area contributed by atoms with Crippen molar-refractivity contribution in [1.82, 2.24) is 9.80 Å². The maximum absolute atomic E-state index is 6.21. The van der Waals surface area contributed by atoms with Crippen molar-refractivity contribution in [2.45, 2.75) is 64.8 Å². The minimum atomic E-state index is 0.548. The molecule has 1 unspecified atom stereocenters. The smallest absolute Gasteiger partial charge is 0.191 e. The molecule has 0 aromatic heterocycles. The van der Waals surface area contributed by atoms with Crippen LogP contribution in [0.2, 0.25) is 0 Å². The normalized spacial score (nSPS) is 24.1. The first-order valence-electron chi connectivity index (χ1n) is 8.97. The molecule has 0 radical (unpaired) electrons. The van der Waals surface area contributed by atoms with Gasteiger partial charge in [0.05, 0.1) is 6.54 Å². The van der Waals surface area contributed by atoms with Crippen LogP contribution in [-0.4, -0.2) is 54.5 Å². The van der Waals surface area contributed by atoms with Crippen molar-refractivity contribution >= 4 is 5.96 Å². The number of piperidine rings is 1. The number of likely N-dealkylation sites (tertiary alicyclic amines) is 2. The predicted molar refractivity (Wildman–Crippen MR) is 90.6 cm³/mol. The predicted octanol–water partition coefficient (Wildman–Crippen LogP) is 2.69. The Labute approximate surface area is 130 Å². The van der Waals surface area contributed by atoms with E-state index in [0.717, 1.165) is 25.6 Å². The highest BCUT2D eigenvalue weighted by Crippen LogP contribution is 2.18. The number of aliphatic imine (C=N–C) groups is 1. The van der Waals surface area contributed by atoms with Gasteiger partial charge in [0.15, 0.2) is 5.96 Å². The van der Waals surface area contributed by atoms with Gasteiger partial charge in [-0.05, 0) is 51.1 Å². The number of hydrogen-bond acceptors (Lipinski definition) is 2. The number of nitrogens with two attached hydrogens (primary N) is 1. The lowest BCUT2D eigenvalue weighted by atomic mass is 10.0. The average Bonchev–Trinajstić information content (AvgIpc) is 2.77. The Hall–Kier alpha value is -0.770. The zero-order chi connectivity index (χ0) is 15.1. The van der Waals surface area contributed by atoms with Gasteiger partial charge in [0.25, 0.3) is 0 Å². The minimum Gasteiger partial charge on any atom is -0.370 e. The van der Waals surface area contributed by atoms with Gasteiger partial charge in [-0.3, -0.25) is 9.89 Å². The van der Waals surface area contributed by atoms with Gasteiger partial charge in [-0.15, -0.1) is 0 Å². The molecule has 2 rings (SSSR count). The fraction of sp³-hybridized carbons (Fsp3) is 0.941. The Balaban J connectivity index is 1.91. The first-order chi connectivity index (χ1) is 10.2. The second-order valence-corrected chi connectivity index (χ2v) is 7.01. The fourth-order valence-electron chi connectivity index (χ4n) is 3.58. The first-order valence-corrected chi connectivity index (χ1v) is 8.97. The van der Waals surface area contributed by atoms with Gasteiger partial charge in [0, 0.05) is 19.1 Å². The highest BCUT2D eigenvalue weighted by Gasteiger charge is 2.23. The molecule has 0 saturated carbocycles. The van der Waals surface area contributed by atoms with Crippen molar-refractivity contribution < 1.29 is 0 Å². The molecule has 4 nitrogen and oxygen atoms in total. The molecule has 2 fully saturated rings. The highest BCUT2D eigenvalue weighted by atomic mass is 15.3. The van der Waals surface area contributed by atoms with Crippen molar-refractivity contribution in [2.24, 2.45) is 16.6 Å². The summed E-state index contributed by atoms with van der Waals surface area (Å²) in [4.78, 5) is 9.68. The summed E-state index contributed by atoms with van der Waals surface area (Å²) >= 11 is 0. The third kappa shape index (κ3) is 5.17. The van der Waals surface area contributed by atoms with Crippen molar-refractivity contribution in [3.05, 3.63) is 0 Å². The molecule has 0 aromatic rings. The first kappa shape index (κ1) is 16.6. The Bertz CT molecular complexity index is 313. The summed E-state index contributed by atoms with van der Waals surface area (Å²) in [5, 5.41) is 0. The zero-order valence-corrected chi connectivity index (χ0v) is 14.1. The SMILES string of the molecule is CC(C)C(CN=C(N)N1CCCCC1)N1CCCCCC1. The average molecular weight is 294 g/mol. The molecule has 21 heavy (non-hydrogen) atoms. The van der Waals surface area contributed by atoms with Gasteiger partial charge in [0.2, 0.25) is 0 Å². The van der Waals surface area contributed by atoms with Crippen LogP contribution in [0.25, 0.3) is 0 Å². The van der Waals surface area contributed by atoms with E-state index in [1.165, 1.54) is 58.0 Å². The number of nitrogens with zero attached hydrogens (tertiary/aromatic N) is 3. The molecule has 2 saturated heterocycles. The van der Waals surface area contributed by atoms with Gasteiger partial charge in [0.1, 0.15) is 0 Å². The van der Waals surface area contributed by atoms with Crippen molar-refractivity contribution in [1.29, 1.82) is 0 Å². The zero-order valence-electron chi connectivity index (χ0n) is 14.1. The van der Waals surface area contributed by atoms with E-state index >= 15 is 0 Å². The minimum absolute atomic E-state index is 0.548. The van der Waals surface area contributed by atoms with Crippen molar-refractivity contribution in [3.8, 4) is 0 Å². The summed E-state index contributed by atoms with van der Waals surface area (Å²) in [5.74, 6) is 1.41. The maximum atomic E-state index is 6.21. The lowest BCUT2D eigenvalue weighted by Gasteiger charge is -2.33. The number of hydrogen-bond donors (Lipinski definition) is 1. The summed E-state index contributed by atoms with van der Waals surface area (Å²) in [6, 6.07) is 0.548. The van der Waals surface area contributed by atoms with E-state index in [9.17, 15) is 0 Å². The molecule has 0 aromatic carbocycles. The second-order valence-electron chi connectivity index (χ2n) is 7.01. The molecule has 122 valence electrons. The van der Waals surface area contributed by atoms with Crippen LogP contribution < -0.4 is 5.73 Å². The molecule has 0 amide bonds. The third-order valence-electron chi connectivity index (χ3n) is 5.00. The second kappa shape index (κ2) is 8.62. The molecule has 0 bridgehead atoms. The van der Waals surface area contributed by atoms with Crippen LogP contribution in [-0.2, 0) is 0 Å². The Morgan fingerprint density at radius 3 is 2.00 bits per heavy atom. The van der Waals surface area contributed by atoms with Crippen molar-refractivity contribution in [2.75, 3.05) is 32.7 Å². The molecule has 4 heteroatoms. The molecule has 0 aliphatic carbocycles. The Morgan fingerprint density at radius 2 is 1.43 bits per heavy atom. The summed E-state index contributed by atoms with van der Waals surface area (Å²) < 4.78 is 0.